The van der Waals surface area contributed by atoms with Crippen LogP contribution in [0.15, 0.2) is 0 Å². The summed E-state index contributed by atoms with van der Waals surface area (Å²) >= 11 is 0. The lowest BCUT2D eigenvalue weighted by Gasteiger charge is -2.38. The molecule has 0 amide bonds. The molecule has 0 aliphatic rings. The van der Waals surface area contributed by atoms with Crippen molar-refractivity contribution in [3.63, 3.8) is 0 Å². The van der Waals surface area contributed by atoms with Gasteiger partial charge in [0.25, 0.3) is 0 Å². The van der Waals surface area contributed by atoms with Crippen molar-refractivity contribution in [3.05, 3.63) is 0 Å². The highest BCUT2D eigenvalue weighted by Crippen LogP contribution is 2.39. The Morgan fingerprint density at radius 3 is 1.42 bits per heavy atom. The van der Waals surface area contributed by atoms with E-state index in [2.05, 4.69) is 0 Å². The lowest BCUT2D eigenvalue weighted by atomic mass is 9.69. The topological polar surface area (TPSA) is 121 Å². The van der Waals surface area contributed by atoms with Crippen LogP contribution in [0.4, 0.5) is 0 Å². The van der Waals surface area contributed by atoms with Crippen molar-refractivity contribution in [1.29, 1.82) is 0 Å². The summed E-state index contributed by atoms with van der Waals surface area (Å²) in [6.45, 7) is 9.93. The minimum Gasteiger partial charge on any atom is -0.481 e. The second-order valence-electron chi connectivity index (χ2n) is 9.40. The van der Waals surface area contributed by atoms with E-state index in [4.69, 9.17) is 4.74 Å². The van der Waals surface area contributed by atoms with Gasteiger partial charge in [0, 0.05) is 0 Å². The van der Waals surface area contributed by atoms with Gasteiger partial charge in [-0.3, -0.25) is 9.59 Å². The van der Waals surface area contributed by atoms with E-state index in [0.717, 1.165) is 44.9 Å². The molecule has 0 spiro atoms. The SMILES string of the molecule is CCCCOC(=O)C(O)(C(CC(CC)CCCC)C(=O)O)C(CC(CC)CCCC)C(=O)O. The van der Waals surface area contributed by atoms with Gasteiger partial charge in [-0.05, 0) is 31.1 Å². The number of carboxylic acid groups (broad SMARTS) is 2. The minimum atomic E-state index is -2.62. The maximum Gasteiger partial charge on any atom is 0.339 e. The van der Waals surface area contributed by atoms with Crippen LogP contribution in [0.25, 0.3) is 0 Å². The molecule has 7 heteroatoms. The summed E-state index contributed by atoms with van der Waals surface area (Å²) in [6.07, 6.45) is 8.01. The molecule has 0 aromatic heterocycles. The van der Waals surface area contributed by atoms with Gasteiger partial charge in [-0.2, -0.15) is 0 Å². The van der Waals surface area contributed by atoms with Gasteiger partial charge in [0.2, 0.25) is 0 Å². The predicted molar refractivity (Wildman–Crippen MR) is 129 cm³/mol. The molecule has 0 aliphatic carbocycles. The number of unbranched alkanes of at least 4 members (excludes halogenated alkanes) is 3. The van der Waals surface area contributed by atoms with Crippen LogP contribution in [-0.2, 0) is 19.1 Å². The van der Waals surface area contributed by atoms with Gasteiger partial charge in [-0.1, -0.05) is 92.4 Å². The number of hydrogen-bond donors (Lipinski definition) is 3. The summed E-state index contributed by atoms with van der Waals surface area (Å²) in [4.78, 5) is 38.0. The molecule has 0 bridgehead atoms. The highest BCUT2D eigenvalue weighted by Gasteiger charge is 2.58. The number of aliphatic hydroxyl groups is 1. The van der Waals surface area contributed by atoms with Gasteiger partial charge in [0.05, 0.1) is 18.4 Å². The Morgan fingerprint density at radius 2 is 1.12 bits per heavy atom. The monoisotopic (exact) mass is 472 g/mol. The van der Waals surface area contributed by atoms with E-state index in [1.807, 2.05) is 34.6 Å². The minimum absolute atomic E-state index is 0.0242. The maximum absolute atomic E-state index is 13.2. The molecule has 0 aromatic rings. The number of carbonyl (C=O) groups is 3. The molecule has 194 valence electrons. The Balaban J connectivity index is 6.29. The van der Waals surface area contributed by atoms with Gasteiger partial charge in [-0.25, -0.2) is 4.79 Å². The Hall–Kier alpha value is -1.63. The fraction of sp³-hybridized carbons (Fsp3) is 0.885. The highest BCUT2D eigenvalue weighted by atomic mass is 16.6. The van der Waals surface area contributed by atoms with Crippen molar-refractivity contribution in [2.45, 2.75) is 117 Å². The van der Waals surface area contributed by atoms with Crippen LogP contribution in [0.1, 0.15) is 112 Å². The summed E-state index contributed by atoms with van der Waals surface area (Å²) < 4.78 is 5.29. The predicted octanol–water partition coefficient (Wildman–Crippen LogP) is 5.68. The Morgan fingerprint density at radius 1 is 0.727 bits per heavy atom. The summed E-state index contributed by atoms with van der Waals surface area (Å²) in [5.74, 6) is -6.97. The Labute approximate surface area is 200 Å². The third kappa shape index (κ3) is 10.0. The van der Waals surface area contributed by atoms with Gasteiger partial charge in [0.1, 0.15) is 0 Å². The average Bonchev–Trinajstić information content (AvgIpc) is 2.78. The first-order valence-corrected chi connectivity index (χ1v) is 13.0. The molecule has 33 heavy (non-hydrogen) atoms. The van der Waals surface area contributed by atoms with E-state index in [-0.39, 0.29) is 31.3 Å². The van der Waals surface area contributed by atoms with Crippen LogP contribution in [-0.4, -0.2) is 45.4 Å². The third-order valence-electron chi connectivity index (χ3n) is 6.94. The fourth-order valence-corrected chi connectivity index (χ4v) is 4.52. The van der Waals surface area contributed by atoms with E-state index in [1.54, 1.807) is 0 Å². The largest absolute Gasteiger partial charge is 0.481 e. The number of ether oxygens (including phenoxy) is 1. The van der Waals surface area contributed by atoms with Crippen molar-refractivity contribution in [2.24, 2.45) is 23.7 Å². The number of esters is 1. The second kappa shape index (κ2) is 16.9. The number of hydrogen-bond acceptors (Lipinski definition) is 5. The zero-order chi connectivity index (χ0) is 25.4. The van der Waals surface area contributed by atoms with E-state index in [1.165, 1.54) is 0 Å². The van der Waals surface area contributed by atoms with E-state index < -0.39 is 35.3 Å². The van der Waals surface area contributed by atoms with E-state index in [0.29, 0.717) is 19.3 Å². The standard InChI is InChI=1S/C26H48O7/c1-6-11-14-19(9-4)17-21(23(27)28)26(32,25(31)33-16-13-8-3)22(24(29)30)18-20(10-5)15-12-7-2/h19-22,32H,6-18H2,1-5H3,(H,27,28)(H,29,30). The quantitative estimate of drug-likeness (QED) is 0.154. The van der Waals surface area contributed by atoms with Gasteiger partial charge in [-0.15, -0.1) is 0 Å². The molecule has 0 saturated carbocycles. The summed E-state index contributed by atoms with van der Waals surface area (Å²) in [5.41, 5.74) is -2.62. The number of aliphatic carboxylic acids is 2. The molecule has 0 fully saturated rings. The first kappa shape index (κ1) is 31.4. The van der Waals surface area contributed by atoms with Crippen LogP contribution < -0.4 is 0 Å². The summed E-state index contributed by atoms with van der Waals surface area (Å²) in [7, 11) is 0. The van der Waals surface area contributed by atoms with Crippen LogP contribution in [0, 0.1) is 23.7 Å². The smallest absolute Gasteiger partial charge is 0.339 e. The Bertz CT molecular complexity index is 539. The number of carboxylic acids is 2. The molecule has 3 N–H and O–H groups in total. The molecular weight excluding hydrogens is 424 g/mol. The van der Waals surface area contributed by atoms with Crippen molar-refractivity contribution in [2.75, 3.05) is 6.61 Å². The molecule has 0 saturated heterocycles. The summed E-state index contributed by atoms with van der Waals surface area (Å²) in [6, 6.07) is 0. The molecule has 0 aliphatic heterocycles. The van der Waals surface area contributed by atoms with Crippen molar-refractivity contribution < 1.29 is 34.4 Å². The zero-order valence-electron chi connectivity index (χ0n) is 21.5. The molecule has 4 unspecified atom stereocenters. The molecule has 0 aromatic carbocycles. The van der Waals surface area contributed by atoms with Gasteiger partial charge < -0.3 is 20.1 Å². The zero-order valence-corrected chi connectivity index (χ0v) is 21.5. The van der Waals surface area contributed by atoms with Crippen LogP contribution in [0.3, 0.4) is 0 Å². The summed E-state index contributed by atoms with van der Waals surface area (Å²) in [5, 5.41) is 31.9. The molecule has 4 atom stereocenters. The normalized spacial score (nSPS) is 16.9. The molecular formula is C26H48O7. The van der Waals surface area contributed by atoms with Crippen molar-refractivity contribution >= 4 is 17.9 Å². The van der Waals surface area contributed by atoms with Crippen LogP contribution in [0.2, 0.25) is 0 Å². The lowest BCUT2D eigenvalue weighted by molar-refractivity contribution is -0.195. The number of carbonyl (C=O) groups excluding carboxylic acids is 1. The van der Waals surface area contributed by atoms with Crippen molar-refractivity contribution in [1.82, 2.24) is 0 Å². The number of rotatable bonds is 20. The van der Waals surface area contributed by atoms with Crippen LogP contribution >= 0.6 is 0 Å². The average molecular weight is 473 g/mol. The van der Waals surface area contributed by atoms with Crippen molar-refractivity contribution in [3.8, 4) is 0 Å². The first-order chi connectivity index (χ1) is 15.6. The lowest BCUT2D eigenvalue weighted by Crippen LogP contribution is -2.58. The first-order valence-electron chi connectivity index (χ1n) is 13.0. The third-order valence-corrected chi connectivity index (χ3v) is 6.94. The molecule has 7 nitrogen and oxygen atoms in total. The molecule has 0 radical (unpaired) electrons. The Kier molecular flexibility index (Phi) is 16.1. The van der Waals surface area contributed by atoms with E-state index >= 15 is 0 Å². The molecule has 0 heterocycles. The van der Waals surface area contributed by atoms with Gasteiger partial charge in [0.15, 0.2) is 5.60 Å². The fourth-order valence-electron chi connectivity index (χ4n) is 4.52. The second-order valence-corrected chi connectivity index (χ2v) is 9.40. The van der Waals surface area contributed by atoms with E-state index in [9.17, 15) is 29.7 Å². The van der Waals surface area contributed by atoms with Gasteiger partial charge >= 0.3 is 17.9 Å². The maximum atomic E-state index is 13.2. The molecule has 0 rings (SSSR count). The highest BCUT2D eigenvalue weighted by molar-refractivity contribution is 5.92. The van der Waals surface area contributed by atoms with Crippen LogP contribution in [0.5, 0.6) is 0 Å².